The molecule has 0 amide bonds. The topological polar surface area (TPSA) is 71.2 Å². The van der Waals surface area contributed by atoms with Gasteiger partial charge in [0.25, 0.3) is 0 Å². The SMILES string of the molecule is CCCc1c(C(=O)O)nnn1CCCN(C)C. The molecule has 1 heterocycles. The zero-order chi connectivity index (χ0) is 12.8. The van der Waals surface area contributed by atoms with E-state index in [0.29, 0.717) is 13.0 Å². The Balaban J connectivity index is 2.73. The molecule has 0 saturated heterocycles. The minimum atomic E-state index is -0.993. The summed E-state index contributed by atoms with van der Waals surface area (Å²) in [6.45, 7) is 3.68. The number of carbonyl (C=O) groups is 1. The predicted molar refractivity (Wildman–Crippen MR) is 64.1 cm³/mol. The van der Waals surface area contributed by atoms with Gasteiger partial charge in [0, 0.05) is 6.54 Å². The van der Waals surface area contributed by atoms with E-state index >= 15 is 0 Å². The van der Waals surface area contributed by atoms with Crippen LogP contribution in [0.15, 0.2) is 0 Å². The summed E-state index contributed by atoms with van der Waals surface area (Å²) in [4.78, 5) is 13.1. The van der Waals surface area contributed by atoms with Gasteiger partial charge in [-0.05, 0) is 33.5 Å². The summed E-state index contributed by atoms with van der Waals surface area (Å²) >= 11 is 0. The largest absolute Gasteiger partial charge is 0.476 e. The average Bonchev–Trinajstić information content (AvgIpc) is 2.62. The first kappa shape index (κ1) is 13.6. The molecule has 0 aliphatic heterocycles. The molecule has 1 rings (SSSR count). The molecule has 1 aromatic heterocycles. The highest BCUT2D eigenvalue weighted by Gasteiger charge is 2.17. The Kier molecular flexibility index (Phi) is 5.09. The molecular formula is C11H20N4O2. The van der Waals surface area contributed by atoms with Gasteiger partial charge < -0.3 is 10.0 Å². The number of rotatable bonds is 7. The van der Waals surface area contributed by atoms with Crippen molar-refractivity contribution < 1.29 is 9.90 Å². The Morgan fingerprint density at radius 1 is 1.47 bits per heavy atom. The molecule has 0 radical (unpaired) electrons. The van der Waals surface area contributed by atoms with E-state index in [4.69, 9.17) is 5.11 Å². The van der Waals surface area contributed by atoms with Crippen LogP contribution < -0.4 is 0 Å². The van der Waals surface area contributed by atoms with Crippen LogP contribution >= 0.6 is 0 Å². The third-order valence-corrected chi connectivity index (χ3v) is 2.50. The molecule has 0 aliphatic carbocycles. The number of aromatic carboxylic acids is 1. The smallest absolute Gasteiger partial charge is 0.358 e. The first-order chi connectivity index (χ1) is 8.06. The van der Waals surface area contributed by atoms with Crippen LogP contribution in [0.4, 0.5) is 0 Å². The van der Waals surface area contributed by atoms with Crippen LogP contribution in [-0.4, -0.2) is 51.6 Å². The predicted octanol–water partition coefficient (Wildman–Crippen LogP) is 0.881. The van der Waals surface area contributed by atoms with Gasteiger partial charge in [-0.2, -0.15) is 0 Å². The summed E-state index contributed by atoms with van der Waals surface area (Å²) in [6.07, 6.45) is 2.53. The fraction of sp³-hybridized carbons (Fsp3) is 0.727. The molecule has 6 nitrogen and oxygen atoms in total. The standard InChI is InChI=1S/C11H20N4O2/c1-4-6-9-10(11(16)17)12-13-15(9)8-5-7-14(2)3/h4-8H2,1-3H3,(H,16,17). The van der Waals surface area contributed by atoms with Crippen molar-refractivity contribution in [3.05, 3.63) is 11.4 Å². The number of aryl methyl sites for hydroxylation is 1. The zero-order valence-electron chi connectivity index (χ0n) is 10.7. The molecule has 0 saturated carbocycles. The van der Waals surface area contributed by atoms with Gasteiger partial charge in [0.15, 0.2) is 5.69 Å². The van der Waals surface area contributed by atoms with Crippen LogP contribution in [0.2, 0.25) is 0 Å². The fourth-order valence-corrected chi connectivity index (χ4v) is 1.70. The van der Waals surface area contributed by atoms with E-state index in [-0.39, 0.29) is 5.69 Å². The van der Waals surface area contributed by atoms with Crippen LogP contribution in [-0.2, 0) is 13.0 Å². The average molecular weight is 240 g/mol. The van der Waals surface area contributed by atoms with Gasteiger partial charge in [-0.3, -0.25) is 0 Å². The molecule has 1 aromatic rings. The van der Waals surface area contributed by atoms with E-state index in [1.807, 2.05) is 21.0 Å². The first-order valence-electron chi connectivity index (χ1n) is 5.86. The fourth-order valence-electron chi connectivity index (χ4n) is 1.70. The van der Waals surface area contributed by atoms with E-state index < -0.39 is 5.97 Å². The van der Waals surface area contributed by atoms with Crippen molar-refractivity contribution in [2.24, 2.45) is 0 Å². The minimum Gasteiger partial charge on any atom is -0.476 e. The maximum absolute atomic E-state index is 11.0. The van der Waals surface area contributed by atoms with Crippen molar-refractivity contribution in [2.75, 3.05) is 20.6 Å². The highest BCUT2D eigenvalue weighted by molar-refractivity contribution is 5.86. The normalized spacial score (nSPS) is 11.1. The van der Waals surface area contributed by atoms with Crippen molar-refractivity contribution in [3.8, 4) is 0 Å². The van der Waals surface area contributed by atoms with E-state index in [0.717, 1.165) is 25.1 Å². The van der Waals surface area contributed by atoms with Gasteiger partial charge in [0.1, 0.15) is 0 Å². The number of aromatic nitrogens is 3. The molecule has 17 heavy (non-hydrogen) atoms. The van der Waals surface area contributed by atoms with Gasteiger partial charge in [-0.15, -0.1) is 5.10 Å². The molecule has 0 aliphatic rings. The molecule has 0 fully saturated rings. The monoisotopic (exact) mass is 240 g/mol. The lowest BCUT2D eigenvalue weighted by Gasteiger charge is -2.10. The van der Waals surface area contributed by atoms with Crippen LogP contribution in [0, 0.1) is 0 Å². The second kappa shape index (κ2) is 6.34. The molecule has 0 unspecified atom stereocenters. The van der Waals surface area contributed by atoms with E-state index in [1.54, 1.807) is 4.68 Å². The van der Waals surface area contributed by atoms with Crippen LogP contribution in [0.1, 0.15) is 35.9 Å². The van der Waals surface area contributed by atoms with Crippen molar-refractivity contribution in [2.45, 2.75) is 32.7 Å². The quantitative estimate of drug-likeness (QED) is 0.766. The molecule has 6 heteroatoms. The molecule has 0 spiro atoms. The summed E-state index contributed by atoms with van der Waals surface area (Å²) in [7, 11) is 4.02. The van der Waals surface area contributed by atoms with Gasteiger partial charge >= 0.3 is 5.97 Å². The summed E-state index contributed by atoms with van der Waals surface area (Å²) in [5.41, 5.74) is 0.829. The van der Waals surface area contributed by atoms with Crippen LogP contribution in [0.5, 0.6) is 0 Å². The summed E-state index contributed by atoms with van der Waals surface area (Å²) in [5, 5.41) is 16.6. The lowest BCUT2D eigenvalue weighted by Crippen LogP contribution is -2.16. The van der Waals surface area contributed by atoms with Crippen molar-refractivity contribution in [3.63, 3.8) is 0 Å². The van der Waals surface area contributed by atoms with Crippen LogP contribution in [0.25, 0.3) is 0 Å². The maximum Gasteiger partial charge on any atom is 0.358 e. The van der Waals surface area contributed by atoms with E-state index in [9.17, 15) is 4.79 Å². The van der Waals surface area contributed by atoms with Crippen molar-refractivity contribution in [1.29, 1.82) is 0 Å². The second-order valence-electron chi connectivity index (χ2n) is 4.32. The number of hydrogen-bond acceptors (Lipinski definition) is 4. The zero-order valence-corrected chi connectivity index (χ0v) is 10.7. The Morgan fingerprint density at radius 2 is 2.18 bits per heavy atom. The molecular weight excluding hydrogens is 220 g/mol. The first-order valence-corrected chi connectivity index (χ1v) is 5.86. The Morgan fingerprint density at radius 3 is 2.71 bits per heavy atom. The van der Waals surface area contributed by atoms with E-state index in [1.165, 1.54) is 0 Å². The third-order valence-electron chi connectivity index (χ3n) is 2.50. The highest BCUT2D eigenvalue weighted by Crippen LogP contribution is 2.09. The summed E-state index contributed by atoms with van der Waals surface area (Å²) in [6, 6.07) is 0. The highest BCUT2D eigenvalue weighted by atomic mass is 16.4. The van der Waals surface area contributed by atoms with Gasteiger partial charge in [-0.1, -0.05) is 18.6 Å². The Labute approximate surface area is 101 Å². The third kappa shape index (κ3) is 3.81. The molecule has 1 N–H and O–H groups in total. The van der Waals surface area contributed by atoms with Crippen LogP contribution in [0.3, 0.4) is 0 Å². The van der Waals surface area contributed by atoms with E-state index in [2.05, 4.69) is 15.2 Å². The Hall–Kier alpha value is -1.43. The molecule has 0 bridgehead atoms. The van der Waals surface area contributed by atoms with Gasteiger partial charge in [0.05, 0.1) is 5.69 Å². The number of nitrogens with zero attached hydrogens (tertiary/aromatic N) is 4. The van der Waals surface area contributed by atoms with Gasteiger partial charge in [0.2, 0.25) is 0 Å². The molecule has 96 valence electrons. The lowest BCUT2D eigenvalue weighted by atomic mass is 10.2. The van der Waals surface area contributed by atoms with Crippen molar-refractivity contribution in [1.82, 2.24) is 19.9 Å². The maximum atomic E-state index is 11.0. The molecule has 0 atom stereocenters. The number of carboxylic acids is 1. The molecule has 0 aromatic carbocycles. The summed E-state index contributed by atoms with van der Waals surface area (Å²) in [5.74, 6) is -0.993. The number of carboxylic acid groups (broad SMARTS) is 1. The summed E-state index contributed by atoms with van der Waals surface area (Å²) < 4.78 is 1.72. The van der Waals surface area contributed by atoms with Gasteiger partial charge in [-0.25, -0.2) is 9.48 Å². The lowest BCUT2D eigenvalue weighted by molar-refractivity contribution is 0.0689. The second-order valence-corrected chi connectivity index (χ2v) is 4.32. The minimum absolute atomic E-state index is 0.0942. The van der Waals surface area contributed by atoms with Crippen molar-refractivity contribution >= 4 is 5.97 Å². The number of hydrogen-bond donors (Lipinski definition) is 1. The Bertz CT molecular complexity index is 374.